The van der Waals surface area contributed by atoms with Crippen LogP contribution in [0.25, 0.3) is 0 Å². The zero-order valence-corrected chi connectivity index (χ0v) is 6.06. The summed E-state index contributed by atoms with van der Waals surface area (Å²) >= 11 is 0. The number of hydrogen-bond donors (Lipinski definition) is 0. The number of fused-ring (bicyclic) bond motifs is 1. The molecule has 1 atom stereocenters. The summed E-state index contributed by atoms with van der Waals surface area (Å²) in [5.74, 6) is 3.05. The van der Waals surface area contributed by atoms with E-state index in [2.05, 4.69) is 13.5 Å². The molecule has 0 heterocycles. The molecule has 3 aliphatic rings. The first kappa shape index (κ1) is 5.52. The van der Waals surface area contributed by atoms with Crippen molar-refractivity contribution in [1.82, 2.24) is 0 Å². The fourth-order valence-electron chi connectivity index (χ4n) is 2.46. The van der Waals surface area contributed by atoms with Gasteiger partial charge < -0.3 is 0 Å². The summed E-state index contributed by atoms with van der Waals surface area (Å²) < 4.78 is 0. The van der Waals surface area contributed by atoms with Crippen molar-refractivity contribution in [1.29, 1.82) is 0 Å². The lowest BCUT2D eigenvalue weighted by atomic mass is 9.81. The molecule has 0 heteroatoms. The summed E-state index contributed by atoms with van der Waals surface area (Å²) in [4.78, 5) is 0. The van der Waals surface area contributed by atoms with Gasteiger partial charge in [-0.2, -0.15) is 0 Å². The van der Waals surface area contributed by atoms with Crippen molar-refractivity contribution < 1.29 is 0 Å². The lowest BCUT2D eigenvalue weighted by Crippen LogP contribution is -2.14. The molecule has 0 saturated heterocycles. The van der Waals surface area contributed by atoms with E-state index in [-0.39, 0.29) is 0 Å². The van der Waals surface area contributed by atoms with Gasteiger partial charge in [-0.15, -0.1) is 0 Å². The predicted octanol–water partition coefficient (Wildman–Crippen LogP) is 2.61. The highest BCUT2D eigenvalue weighted by Gasteiger charge is 2.43. The lowest BCUT2D eigenvalue weighted by molar-refractivity contribution is 0.286. The Bertz CT molecular complexity index is 140. The summed E-state index contributed by atoms with van der Waals surface area (Å²) in [6.07, 6.45) is 4.48. The Morgan fingerprint density at radius 1 is 1.33 bits per heavy atom. The van der Waals surface area contributed by atoms with E-state index in [0.29, 0.717) is 0 Å². The van der Waals surface area contributed by atoms with Crippen molar-refractivity contribution in [2.75, 3.05) is 0 Å². The van der Waals surface area contributed by atoms with Crippen molar-refractivity contribution in [3.8, 4) is 0 Å². The van der Waals surface area contributed by atoms with E-state index < -0.39 is 0 Å². The van der Waals surface area contributed by atoms with E-state index in [4.69, 9.17) is 0 Å². The molecule has 3 rings (SSSR count). The van der Waals surface area contributed by atoms with Gasteiger partial charge in [0.25, 0.3) is 0 Å². The van der Waals surface area contributed by atoms with E-state index in [0.717, 1.165) is 17.8 Å². The molecule has 0 aromatic carbocycles. The Kier molecular flexibility index (Phi) is 0.992. The van der Waals surface area contributed by atoms with Crippen molar-refractivity contribution >= 4 is 0 Å². The molecular formula is C9H14. The molecule has 2 bridgehead atoms. The Labute approximate surface area is 57.0 Å². The van der Waals surface area contributed by atoms with E-state index in [9.17, 15) is 0 Å². The first-order chi connectivity index (χ1) is 4.27. The molecule has 9 heavy (non-hydrogen) atoms. The maximum Gasteiger partial charge on any atom is -0.0177 e. The number of hydrogen-bond acceptors (Lipinski definition) is 0. The average molecular weight is 122 g/mol. The van der Waals surface area contributed by atoms with Crippen LogP contribution in [0.1, 0.15) is 26.2 Å². The van der Waals surface area contributed by atoms with Crippen LogP contribution < -0.4 is 0 Å². The minimum absolute atomic E-state index is 0.912. The van der Waals surface area contributed by atoms with Crippen LogP contribution in [0.4, 0.5) is 0 Å². The molecule has 0 radical (unpaired) electrons. The van der Waals surface area contributed by atoms with Crippen molar-refractivity contribution in [3.05, 3.63) is 12.2 Å². The van der Waals surface area contributed by atoms with Crippen LogP contribution in [0.3, 0.4) is 0 Å². The molecule has 0 amide bonds. The zero-order chi connectivity index (χ0) is 6.43. The van der Waals surface area contributed by atoms with E-state index in [1.165, 1.54) is 24.8 Å². The maximum absolute atomic E-state index is 4.01. The topological polar surface area (TPSA) is 0 Å². The van der Waals surface area contributed by atoms with Gasteiger partial charge in [0, 0.05) is 0 Å². The van der Waals surface area contributed by atoms with Crippen LogP contribution in [-0.4, -0.2) is 0 Å². The van der Waals surface area contributed by atoms with Crippen LogP contribution in [0, 0.1) is 17.8 Å². The minimum atomic E-state index is 0.912. The van der Waals surface area contributed by atoms with Gasteiger partial charge in [-0.1, -0.05) is 12.2 Å². The summed E-state index contributed by atoms with van der Waals surface area (Å²) in [7, 11) is 0. The smallest absolute Gasteiger partial charge is 0.0177 e. The van der Waals surface area contributed by atoms with Crippen LogP contribution in [0.2, 0.25) is 0 Å². The predicted molar refractivity (Wildman–Crippen MR) is 39.1 cm³/mol. The largest absolute Gasteiger partial charge is 0.0999 e. The molecule has 3 fully saturated rings. The van der Waals surface area contributed by atoms with E-state index >= 15 is 0 Å². The quantitative estimate of drug-likeness (QED) is 0.469. The second-order valence-corrected chi connectivity index (χ2v) is 3.79. The highest BCUT2D eigenvalue weighted by molar-refractivity contribution is 5.08. The molecule has 0 aromatic rings. The molecular weight excluding hydrogens is 108 g/mol. The van der Waals surface area contributed by atoms with Crippen LogP contribution in [0.15, 0.2) is 12.2 Å². The Morgan fingerprint density at radius 3 is 2.22 bits per heavy atom. The fraction of sp³-hybridized carbons (Fsp3) is 0.778. The van der Waals surface area contributed by atoms with E-state index in [1.54, 1.807) is 0 Å². The van der Waals surface area contributed by atoms with Crippen molar-refractivity contribution in [2.24, 2.45) is 17.8 Å². The molecule has 3 saturated carbocycles. The fourth-order valence-corrected chi connectivity index (χ4v) is 2.46. The van der Waals surface area contributed by atoms with Gasteiger partial charge in [-0.3, -0.25) is 0 Å². The highest BCUT2D eigenvalue weighted by atomic mass is 14.5. The molecule has 3 aliphatic carbocycles. The third kappa shape index (κ3) is 0.654. The van der Waals surface area contributed by atoms with E-state index in [1.807, 2.05) is 0 Å². The Hall–Kier alpha value is -0.260. The van der Waals surface area contributed by atoms with Gasteiger partial charge in [0.2, 0.25) is 0 Å². The molecule has 0 nitrogen and oxygen atoms in total. The van der Waals surface area contributed by atoms with Crippen molar-refractivity contribution in [2.45, 2.75) is 26.2 Å². The van der Waals surface area contributed by atoms with Gasteiger partial charge in [0.05, 0.1) is 0 Å². The van der Waals surface area contributed by atoms with Gasteiger partial charge in [-0.05, 0) is 43.9 Å². The second kappa shape index (κ2) is 1.62. The summed E-state index contributed by atoms with van der Waals surface area (Å²) in [5, 5.41) is 0. The van der Waals surface area contributed by atoms with Gasteiger partial charge in [0.15, 0.2) is 0 Å². The van der Waals surface area contributed by atoms with Gasteiger partial charge >= 0.3 is 0 Å². The van der Waals surface area contributed by atoms with Crippen LogP contribution in [-0.2, 0) is 0 Å². The lowest BCUT2D eigenvalue weighted by Gasteiger charge is -2.24. The standard InChI is InChI=1S/C9H14/c1-6(2)9-5-7-3-8(9)4-7/h7-9H,1,3-5H2,2H3. The summed E-state index contributed by atoms with van der Waals surface area (Å²) in [6, 6.07) is 0. The second-order valence-electron chi connectivity index (χ2n) is 3.79. The molecule has 50 valence electrons. The minimum Gasteiger partial charge on any atom is -0.0999 e. The summed E-state index contributed by atoms with van der Waals surface area (Å²) in [6.45, 7) is 6.20. The van der Waals surface area contributed by atoms with Crippen LogP contribution in [0.5, 0.6) is 0 Å². The first-order valence-corrected chi connectivity index (χ1v) is 3.93. The van der Waals surface area contributed by atoms with Crippen molar-refractivity contribution in [3.63, 3.8) is 0 Å². The summed E-state index contributed by atoms with van der Waals surface area (Å²) in [5.41, 5.74) is 1.43. The Morgan fingerprint density at radius 2 is 2.00 bits per heavy atom. The number of rotatable bonds is 1. The monoisotopic (exact) mass is 122 g/mol. The zero-order valence-electron chi connectivity index (χ0n) is 6.06. The molecule has 0 aromatic heterocycles. The molecule has 1 unspecified atom stereocenters. The van der Waals surface area contributed by atoms with Crippen LogP contribution >= 0.6 is 0 Å². The third-order valence-electron chi connectivity index (χ3n) is 3.06. The third-order valence-corrected chi connectivity index (χ3v) is 3.06. The average Bonchev–Trinajstić information content (AvgIpc) is 2.12. The van der Waals surface area contributed by atoms with Gasteiger partial charge in [-0.25, -0.2) is 0 Å². The number of allylic oxidation sites excluding steroid dienone is 1. The van der Waals surface area contributed by atoms with Gasteiger partial charge in [0.1, 0.15) is 0 Å². The molecule has 0 aliphatic heterocycles. The normalized spacial score (nSPS) is 46.6. The molecule has 0 spiro atoms. The first-order valence-electron chi connectivity index (χ1n) is 3.93. The molecule has 0 N–H and O–H groups in total. The Balaban J connectivity index is 2.08. The maximum atomic E-state index is 4.01. The highest BCUT2D eigenvalue weighted by Crippen LogP contribution is 2.54. The SMILES string of the molecule is C=C(C)C1CC2CC1C2.